The molecule has 1 aromatic carbocycles. The first kappa shape index (κ1) is 19.3. The van der Waals surface area contributed by atoms with Crippen LogP contribution in [0.2, 0.25) is 0 Å². The molecule has 1 fully saturated rings. The Morgan fingerprint density at radius 1 is 1.08 bits per heavy atom. The van der Waals surface area contributed by atoms with Crippen molar-refractivity contribution in [1.29, 1.82) is 0 Å². The van der Waals surface area contributed by atoms with E-state index in [-0.39, 0.29) is 17.5 Å². The molecule has 1 saturated heterocycles. The van der Waals surface area contributed by atoms with Gasteiger partial charge in [0, 0.05) is 38.1 Å². The minimum Gasteiger partial charge on any atom is -0.341 e. The van der Waals surface area contributed by atoms with E-state index in [0.717, 1.165) is 19.4 Å². The summed E-state index contributed by atoms with van der Waals surface area (Å²) in [6.07, 6.45) is 2.12. The summed E-state index contributed by atoms with van der Waals surface area (Å²) in [5.41, 5.74) is 2.18. The molecule has 0 spiro atoms. The molecule has 0 unspecified atom stereocenters. The number of nitrogens with one attached hydrogen (secondary N) is 1. The average molecular weight is 345 g/mol. The van der Waals surface area contributed by atoms with Crippen LogP contribution < -0.4 is 5.32 Å². The third kappa shape index (κ3) is 6.40. The smallest absolute Gasteiger partial charge is 0.317 e. The quantitative estimate of drug-likeness (QED) is 0.916. The Balaban J connectivity index is 1.83. The number of amides is 3. The van der Waals surface area contributed by atoms with Crippen molar-refractivity contribution in [3.8, 4) is 0 Å². The van der Waals surface area contributed by atoms with Crippen LogP contribution in [-0.4, -0.2) is 53.5 Å². The number of aryl methyl sites for hydroxylation is 2. The van der Waals surface area contributed by atoms with Crippen LogP contribution in [0.1, 0.15) is 44.7 Å². The van der Waals surface area contributed by atoms with Gasteiger partial charge in [-0.25, -0.2) is 4.79 Å². The molecule has 0 saturated carbocycles. The second kappa shape index (κ2) is 8.37. The normalized spacial score (nSPS) is 15.7. The van der Waals surface area contributed by atoms with Gasteiger partial charge in [0.15, 0.2) is 0 Å². The van der Waals surface area contributed by atoms with Crippen molar-refractivity contribution in [3.05, 3.63) is 35.4 Å². The highest BCUT2D eigenvalue weighted by Crippen LogP contribution is 2.11. The summed E-state index contributed by atoms with van der Waals surface area (Å²) in [5, 5.41) is 3.00. The highest BCUT2D eigenvalue weighted by molar-refractivity contribution is 5.77. The van der Waals surface area contributed by atoms with Crippen molar-refractivity contribution in [1.82, 2.24) is 15.1 Å². The van der Waals surface area contributed by atoms with Crippen molar-refractivity contribution < 1.29 is 9.59 Å². The molecule has 5 nitrogen and oxygen atoms in total. The van der Waals surface area contributed by atoms with E-state index in [4.69, 9.17) is 0 Å². The lowest BCUT2D eigenvalue weighted by Crippen LogP contribution is -2.49. The molecule has 0 aliphatic carbocycles. The van der Waals surface area contributed by atoms with Crippen LogP contribution in [-0.2, 0) is 11.2 Å². The van der Waals surface area contributed by atoms with Crippen LogP contribution in [0.5, 0.6) is 0 Å². The summed E-state index contributed by atoms with van der Waals surface area (Å²) in [6, 6.07) is 8.27. The molecule has 0 bridgehead atoms. The Morgan fingerprint density at radius 3 is 2.44 bits per heavy atom. The molecule has 5 heteroatoms. The maximum atomic E-state index is 12.5. The third-order valence-corrected chi connectivity index (χ3v) is 4.33. The Morgan fingerprint density at radius 2 is 1.76 bits per heavy atom. The summed E-state index contributed by atoms with van der Waals surface area (Å²) in [7, 11) is 0. The first-order valence-electron chi connectivity index (χ1n) is 9.15. The summed E-state index contributed by atoms with van der Waals surface area (Å²) >= 11 is 0. The lowest BCUT2D eigenvalue weighted by Gasteiger charge is -2.27. The summed E-state index contributed by atoms with van der Waals surface area (Å²) in [5.74, 6) is 0.180. The third-order valence-electron chi connectivity index (χ3n) is 4.33. The number of nitrogens with zero attached hydrogens (tertiary/aromatic N) is 2. The van der Waals surface area contributed by atoms with Gasteiger partial charge >= 0.3 is 6.03 Å². The minimum atomic E-state index is -0.243. The zero-order chi connectivity index (χ0) is 18.4. The van der Waals surface area contributed by atoms with Gasteiger partial charge in [0.25, 0.3) is 0 Å². The second-order valence-electron chi connectivity index (χ2n) is 7.89. The van der Waals surface area contributed by atoms with Crippen molar-refractivity contribution >= 4 is 11.9 Å². The Bertz CT molecular complexity index is 607. The second-order valence-corrected chi connectivity index (χ2v) is 7.89. The topological polar surface area (TPSA) is 52.7 Å². The number of urea groups is 1. The van der Waals surface area contributed by atoms with Crippen molar-refractivity contribution in [2.45, 2.75) is 52.5 Å². The number of carbonyl (C=O) groups is 2. The molecular formula is C20H31N3O2. The molecular weight excluding hydrogens is 314 g/mol. The first-order valence-corrected chi connectivity index (χ1v) is 9.15. The molecule has 0 aromatic heterocycles. The van der Waals surface area contributed by atoms with E-state index in [0.29, 0.717) is 26.1 Å². The summed E-state index contributed by atoms with van der Waals surface area (Å²) in [4.78, 5) is 28.5. The molecule has 1 aliphatic heterocycles. The van der Waals surface area contributed by atoms with Gasteiger partial charge in [-0.2, -0.15) is 0 Å². The van der Waals surface area contributed by atoms with Crippen LogP contribution in [0, 0.1) is 6.92 Å². The lowest BCUT2D eigenvalue weighted by atomic mass is 10.1. The summed E-state index contributed by atoms with van der Waals surface area (Å²) in [6.45, 7) is 10.6. The van der Waals surface area contributed by atoms with E-state index in [1.165, 1.54) is 11.1 Å². The highest BCUT2D eigenvalue weighted by Gasteiger charge is 2.24. The van der Waals surface area contributed by atoms with E-state index in [1.54, 1.807) is 0 Å². The van der Waals surface area contributed by atoms with Crippen molar-refractivity contribution in [2.24, 2.45) is 0 Å². The van der Waals surface area contributed by atoms with Crippen molar-refractivity contribution in [2.75, 3.05) is 26.2 Å². The Labute approximate surface area is 151 Å². The molecule has 3 amide bonds. The van der Waals surface area contributed by atoms with Gasteiger partial charge in [-0.1, -0.05) is 29.8 Å². The van der Waals surface area contributed by atoms with E-state index in [2.05, 4.69) is 30.4 Å². The molecule has 0 atom stereocenters. The monoisotopic (exact) mass is 345 g/mol. The molecule has 1 aromatic rings. The standard InChI is InChI=1S/C20H31N3O2/c1-16-7-5-8-17(15-16)9-10-18(24)22-11-6-12-23(14-13-22)19(25)21-20(2,3)4/h5,7-8,15H,6,9-14H2,1-4H3,(H,21,25). The van der Waals surface area contributed by atoms with E-state index >= 15 is 0 Å². The molecule has 1 N–H and O–H groups in total. The number of hydrogen-bond acceptors (Lipinski definition) is 2. The van der Waals surface area contributed by atoms with Crippen LogP contribution in [0.15, 0.2) is 24.3 Å². The van der Waals surface area contributed by atoms with Gasteiger partial charge < -0.3 is 15.1 Å². The zero-order valence-electron chi connectivity index (χ0n) is 16.0. The maximum Gasteiger partial charge on any atom is 0.317 e. The minimum absolute atomic E-state index is 0.0402. The predicted octanol–water partition coefficient (Wildman–Crippen LogP) is 2.97. The highest BCUT2D eigenvalue weighted by atomic mass is 16.2. The van der Waals surface area contributed by atoms with Gasteiger partial charge in [0.05, 0.1) is 0 Å². The SMILES string of the molecule is Cc1cccc(CCC(=O)N2CCCN(C(=O)NC(C)(C)C)CC2)c1. The van der Waals surface area contributed by atoms with Crippen LogP contribution >= 0.6 is 0 Å². The lowest BCUT2D eigenvalue weighted by molar-refractivity contribution is -0.131. The van der Waals surface area contributed by atoms with Crippen LogP contribution in [0.4, 0.5) is 4.79 Å². The number of rotatable bonds is 3. The predicted molar refractivity (Wildman–Crippen MR) is 101 cm³/mol. The molecule has 2 rings (SSSR count). The Kier molecular flexibility index (Phi) is 6.45. The number of hydrogen-bond donors (Lipinski definition) is 1. The van der Waals surface area contributed by atoms with E-state index < -0.39 is 0 Å². The fourth-order valence-corrected chi connectivity index (χ4v) is 3.05. The summed E-state index contributed by atoms with van der Waals surface area (Å²) < 4.78 is 0. The van der Waals surface area contributed by atoms with E-state index in [9.17, 15) is 9.59 Å². The van der Waals surface area contributed by atoms with Gasteiger partial charge in [-0.05, 0) is 46.1 Å². The van der Waals surface area contributed by atoms with Gasteiger partial charge in [0.2, 0.25) is 5.91 Å². The molecule has 1 heterocycles. The van der Waals surface area contributed by atoms with Gasteiger partial charge in [-0.3, -0.25) is 4.79 Å². The number of benzene rings is 1. The zero-order valence-corrected chi connectivity index (χ0v) is 16.0. The van der Waals surface area contributed by atoms with Gasteiger partial charge in [-0.15, -0.1) is 0 Å². The Hall–Kier alpha value is -2.04. The van der Waals surface area contributed by atoms with Crippen LogP contribution in [0.25, 0.3) is 0 Å². The molecule has 138 valence electrons. The first-order chi connectivity index (χ1) is 11.7. The maximum absolute atomic E-state index is 12.5. The fraction of sp³-hybridized carbons (Fsp3) is 0.600. The number of carbonyl (C=O) groups excluding carboxylic acids is 2. The average Bonchev–Trinajstić information content (AvgIpc) is 2.77. The van der Waals surface area contributed by atoms with Crippen molar-refractivity contribution in [3.63, 3.8) is 0 Å². The molecule has 1 aliphatic rings. The largest absolute Gasteiger partial charge is 0.341 e. The van der Waals surface area contributed by atoms with Gasteiger partial charge in [0.1, 0.15) is 0 Å². The van der Waals surface area contributed by atoms with Crippen LogP contribution in [0.3, 0.4) is 0 Å². The molecule has 25 heavy (non-hydrogen) atoms. The van der Waals surface area contributed by atoms with E-state index in [1.807, 2.05) is 36.6 Å². The fourth-order valence-electron chi connectivity index (χ4n) is 3.05. The molecule has 0 radical (unpaired) electrons.